The van der Waals surface area contributed by atoms with Crippen molar-refractivity contribution in [3.8, 4) is 11.5 Å². The number of fused-ring (bicyclic) bond motifs is 1. The lowest BCUT2D eigenvalue weighted by Crippen LogP contribution is -2.35. The van der Waals surface area contributed by atoms with Crippen molar-refractivity contribution in [2.45, 2.75) is 23.8 Å². The fourth-order valence-electron chi connectivity index (χ4n) is 4.31. The van der Waals surface area contributed by atoms with E-state index in [9.17, 15) is 22.8 Å². The molecule has 0 saturated heterocycles. The number of amides is 1. The number of sulfonamides is 1. The van der Waals surface area contributed by atoms with Gasteiger partial charge in [0.2, 0.25) is 10.0 Å². The summed E-state index contributed by atoms with van der Waals surface area (Å²) in [5.41, 5.74) is 13.8. The highest BCUT2D eigenvalue weighted by Gasteiger charge is 2.26. The van der Waals surface area contributed by atoms with Crippen LogP contribution in [0.15, 0.2) is 77.7 Å². The lowest BCUT2D eigenvalue weighted by Gasteiger charge is -2.17. The smallest absolute Gasteiger partial charge is 0.325 e. The highest BCUT2D eigenvalue weighted by atomic mass is 32.2. The number of esters is 2. The summed E-state index contributed by atoms with van der Waals surface area (Å²) < 4.78 is 38.9. The summed E-state index contributed by atoms with van der Waals surface area (Å²) in [4.78, 5) is 37.5. The van der Waals surface area contributed by atoms with Gasteiger partial charge in [-0.1, -0.05) is 30.3 Å². The maximum atomic E-state index is 13.0. The van der Waals surface area contributed by atoms with Crippen molar-refractivity contribution in [3.63, 3.8) is 0 Å². The molecule has 214 valence electrons. The molecule has 1 amide bonds. The van der Waals surface area contributed by atoms with E-state index in [4.69, 9.17) is 20.9 Å². The number of benzene rings is 3. The molecule has 12 heteroatoms. The third-order valence-electron chi connectivity index (χ3n) is 6.40. The van der Waals surface area contributed by atoms with Crippen molar-refractivity contribution in [1.82, 2.24) is 4.72 Å². The molecule has 0 aromatic heterocycles. The summed E-state index contributed by atoms with van der Waals surface area (Å²) in [6.07, 6.45) is 4.04. The zero-order valence-corrected chi connectivity index (χ0v) is 23.1. The maximum absolute atomic E-state index is 13.0. The molecule has 0 saturated carbocycles. The van der Waals surface area contributed by atoms with E-state index in [1.165, 1.54) is 41.3 Å². The highest BCUT2D eigenvalue weighted by molar-refractivity contribution is 7.89. The lowest BCUT2D eigenvalue weighted by molar-refractivity contribution is -0.135. The van der Waals surface area contributed by atoms with Crippen LogP contribution in [0.5, 0.6) is 11.5 Å². The van der Waals surface area contributed by atoms with E-state index >= 15 is 0 Å². The summed E-state index contributed by atoms with van der Waals surface area (Å²) in [7, 11) is -2.20. The van der Waals surface area contributed by atoms with Crippen LogP contribution in [0.2, 0.25) is 0 Å². The van der Waals surface area contributed by atoms with Gasteiger partial charge >= 0.3 is 11.9 Å². The predicted molar refractivity (Wildman–Crippen MR) is 153 cm³/mol. The quantitative estimate of drug-likeness (QED) is 0.183. The molecule has 41 heavy (non-hydrogen) atoms. The van der Waals surface area contributed by atoms with Gasteiger partial charge in [0.1, 0.15) is 0 Å². The Morgan fingerprint density at radius 2 is 1.49 bits per heavy atom. The van der Waals surface area contributed by atoms with Crippen LogP contribution < -0.4 is 30.6 Å². The Hall–Kier alpha value is -4.36. The van der Waals surface area contributed by atoms with Gasteiger partial charge in [-0.05, 0) is 72.0 Å². The summed E-state index contributed by atoms with van der Waals surface area (Å²) in [5.74, 6) is -1.96. The average Bonchev–Trinajstić information content (AvgIpc) is 3.38. The van der Waals surface area contributed by atoms with Gasteiger partial charge in [0.05, 0.1) is 18.0 Å². The standard InChI is InChI=1S/C29H30N4O7S/c1-33(27(34)13-7-19-6-12-25(39-28(35)17-30)26(14-19)40-29(36)18-31)23-8-10-24(11-9-23)41(37,38)32-22-15-20-4-2-3-5-21(20)16-22/h2-14,22,32H,15-18,30-31H2,1H3/b13-7+. The van der Waals surface area contributed by atoms with Gasteiger partial charge in [-0.15, -0.1) is 0 Å². The number of hydrogen-bond acceptors (Lipinski definition) is 9. The predicted octanol–water partition coefficient (Wildman–Crippen LogP) is 1.54. The number of nitrogens with one attached hydrogen (secondary N) is 1. The van der Waals surface area contributed by atoms with E-state index in [1.807, 2.05) is 24.3 Å². The molecule has 0 aliphatic heterocycles. The lowest BCUT2D eigenvalue weighted by atomic mass is 10.1. The SMILES string of the molecule is CN(C(=O)/C=C/c1ccc(OC(=O)CN)c(OC(=O)CN)c1)c1ccc(S(=O)(=O)NC2Cc3ccccc3C2)cc1. The topological polar surface area (TPSA) is 171 Å². The van der Waals surface area contributed by atoms with Crippen LogP contribution in [0.25, 0.3) is 6.08 Å². The largest absolute Gasteiger partial charge is 0.422 e. The number of anilines is 1. The van der Waals surface area contributed by atoms with Crippen LogP contribution >= 0.6 is 0 Å². The van der Waals surface area contributed by atoms with Crippen molar-refractivity contribution < 1.29 is 32.3 Å². The third-order valence-corrected chi connectivity index (χ3v) is 7.94. The molecule has 11 nitrogen and oxygen atoms in total. The molecule has 0 fully saturated rings. The van der Waals surface area contributed by atoms with Gasteiger partial charge in [0.15, 0.2) is 11.5 Å². The first kappa shape index (κ1) is 29.6. The van der Waals surface area contributed by atoms with Crippen LogP contribution in [0.1, 0.15) is 16.7 Å². The second-order valence-electron chi connectivity index (χ2n) is 9.28. The maximum Gasteiger partial charge on any atom is 0.325 e. The van der Waals surface area contributed by atoms with Gasteiger partial charge in [0, 0.05) is 24.9 Å². The van der Waals surface area contributed by atoms with Gasteiger partial charge < -0.3 is 25.8 Å². The zero-order chi connectivity index (χ0) is 29.6. The molecular weight excluding hydrogens is 548 g/mol. The fraction of sp³-hybridized carbons (Fsp3) is 0.207. The van der Waals surface area contributed by atoms with Crippen molar-refractivity contribution in [2.75, 3.05) is 25.0 Å². The monoisotopic (exact) mass is 578 g/mol. The van der Waals surface area contributed by atoms with E-state index in [0.717, 1.165) is 11.1 Å². The summed E-state index contributed by atoms with van der Waals surface area (Å²) >= 11 is 0. The minimum absolute atomic E-state index is 0.0233. The van der Waals surface area contributed by atoms with E-state index in [2.05, 4.69) is 4.72 Å². The number of hydrogen-bond donors (Lipinski definition) is 3. The van der Waals surface area contributed by atoms with Crippen molar-refractivity contribution in [1.29, 1.82) is 0 Å². The third kappa shape index (κ3) is 7.44. The highest BCUT2D eigenvalue weighted by Crippen LogP contribution is 2.29. The number of rotatable bonds is 10. The summed E-state index contributed by atoms with van der Waals surface area (Å²) in [6, 6.07) is 18.0. The van der Waals surface area contributed by atoms with Crippen molar-refractivity contribution >= 4 is 39.6 Å². The molecule has 0 unspecified atom stereocenters. The second-order valence-corrected chi connectivity index (χ2v) is 11.0. The van der Waals surface area contributed by atoms with Crippen LogP contribution in [0.3, 0.4) is 0 Å². The molecule has 5 N–H and O–H groups in total. The Labute approximate surface area is 237 Å². The fourth-order valence-corrected chi connectivity index (χ4v) is 5.54. The average molecular weight is 579 g/mol. The normalized spacial score (nSPS) is 13.1. The summed E-state index contributed by atoms with van der Waals surface area (Å²) in [6.45, 7) is -0.760. The number of carbonyl (C=O) groups excluding carboxylic acids is 3. The van der Waals surface area contributed by atoms with Crippen LogP contribution in [0.4, 0.5) is 5.69 Å². The van der Waals surface area contributed by atoms with E-state index < -0.39 is 34.4 Å². The zero-order valence-electron chi connectivity index (χ0n) is 22.3. The van der Waals surface area contributed by atoms with E-state index in [-0.39, 0.29) is 29.0 Å². The molecule has 4 rings (SSSR count). The molecule has 0 radical (unpaired) electrons. The van der Waals surface area contributed by atoms with Gasteiger partial charge in [-0.25, -0.2) is 13.1 Å². The van der Waals surface area contributed by atoms with Gasteiger partial charge in [0.25, 0.3) is 5.91 Å². The minimum atomic E-state index is -3.75. The Bertz CT molecular complexity index is 1560. The Balaban J connectivity index is 1.42. The van der Waals surface area contributed by atoms with Crippen molar-refractivity contribution in [2.24, 2.45) is 11.5 Å². The molecule has 3 aromatic carbocycles. The Kier molecular flexibility index (Phi) is 9.30. The molecule has 0 bridgehead atoms. The van der Waals surface area contributed by atoms with Gasteiger partial charge in [-0.3, -0.25) is 14.4 Å². The molecule has 1 aliphatic rings. The number of nitrogens with two attached hydrogens (primary N) is 2. The van der Waals surface area contributed by atoms with Crippen LogP contribution in [0, 0.1) is 0 Å². The molecule has 0 heterocycles. The molecular formula is C29H30N4O7S. The first-order valence-electron chi connectivity index (χ1n) is 12.7. The number of nitrogens with zero attached hydrogens (tertiary/aromatic N) is 1. The van der Waals surface area contributed by atoms with Crippen LogP contribution in [-0.2, 0) is 37.2 Å². The Morgan fingerprint density at radius 3 is 2.07 bits per heavy atom. The molecule has 0 spiro atoms. The number of carbonyl (C=O) groups is 3. The molecule has 1 aliphatic carbocycles. The minimum Gasteiger partial charge on any atom is -0.422 e. The second kappa shape index (κ2) is 12.9. The first-order chi connectivity index (χ1) is 19.6. The van der Waals surface area contributed by atoms with E-state index in [1.54, 1.807) is 25.2 Å². The van der Waals surface area contributed by atoms with Crippen LogP contribution in [-0.4, -0.2) is 52.4 Å². The molecule has 0 atom stereocenters. The Morgan fingerprint density at radius 1 is 0.902 bits per heavy atom. The summed E-state index contributed by atoms with van der Waals surface area (Å²) in [5, 5.41) is 0. The number of ether oxygens (including phenoxy) is 2. The molecule has 3 aromatic rings. The first-order valence-corrected chi connectivity index (χ1v) is 14.2. The number of likely N-dealkylation sites (N-methyl/N-ethyl adjacent to an activating group) is 1. The van der Waals surface area contributed by atoms with Gasteiger partial charge in [-0.2, -0.15) is 0 Å². The van der Waals surface area contributed by atoms with Crippen molar-refractivity contribution in [3.05, 3.63) is 89.5 Å². The van der Waals surface area contributed by atoms with E-state index in [0.29, 0.717) is 24.1 Å².